The fraction of sp³-hybridized carbons (Fsp3) is 0.263. The molecular weight excluding hydrogens is 324 g/mol. The lowest BCUT2D eigenvalue weighted by atomic mass is 10.0. The molecule has 1 saturated carbocycles. The van der Waals surface area contributed by atoms with E-state index in [1.54, 1.807) is 25.1 Å². The molecule has 0 aliphatic heterocycles. The minimum atomic E-state index is 0.478. The van der Waals surface area contributed by atoms with Crippen LogP contribution in [0, 0.1) is 0 Å². The summed E-state index contributed by atoms with van der Waals surface area (Å²) >= 11 is 6.30. The first-order valence-corrected chi connectivity index (χ1v) is 8.21. The van der Waals surface area contributed by atoms with Crippen LogP contribution in [0.2, 0.25) is 5.02 Å². The van der Waals surface area contributed by atoms with Crippen molar-refractivity contribution in [3.05, 3.63) is 58.6 Å². The van der Waals surface area contributed by atoms with Gasteiger partial charge in [0.2, 0.25) is 12.3 Å². The van der Waals surface area contributed by atoms with Crippen LogP contribution >= 0.6 is 11.6 Å². The molecule has 0 aromatic heterocycles. The van der Waals surface area contributed by atoms with Crippen molar-refractivity contribution in [2.75, 3.05) is 19.1 Å². The maximum atomic E-state index is 11.9. The van der Waals surface area contributed by atoms with Crippen molar-refractivity contribution in [3.63, 3.8) is 0 Å². The normalized spacial score (nSPS) is 14.4. The molecule has 1 aliphatic rings. The van der Waals surface area contributed by atoms with Crippen molar-refractivity contribution in [2.24, 2.45) is 4.99 Å². The molecule has 2 aromatic rings. The highest BCUT2D eigenvalue weighted by atomic mass is 35.5. The van der Waals surface area contributed by atoms with Gasteiger partial charge in [0.25, 0.3) is 0 Å². The number of amides is 1. The zero-order chi connectivity index (χ0) is 17.1. The number of hydrogen-bond acceptors (Lipinski definition) is 3. The average molecular weight is 343 g/mol. The smallest absolute Gasteiger partial charge is 0.218 e. The molecule has 3 rings (SSSR count). The molecule has 5 heteroatoms. The van der Waals surface area contributed by atoms with Crippen molar-refractivity contribution in [1.29, 1.82) is 0 Å². The van der Waals surface area contributed by atoms with E-state index in [2.05, 4.69) is 11.1 Å². The second kappa shape index (κ2) is 7.05. The molecule has 0 unspecified atom stereocenters. The first-order chi connectivity index (χ1) is 11.7. The molecular formula is C19H19ClN2O2. The Kier molecular flexibility index (Phi) is 4.86. The van der Waals surface area contributed by atoms with Crippen molar-refractivity contribution >= 4 is 35.3 Å². The van der Waals surface area contributed by atoms with Crippen molar-refractivity contribution in [2.45, 2.75) is 18.8 Å². The highest BCUT2D eigenvalue weighted by Gasteiger charge is 2.26. The molecule has 0 bridgehead atoms. The van der Waals surface area contributed by atoms with Gasteiger partial charge in [0.15, 0.2) is 0 Å². The summed E-state index contributed by atoms with van der Waals surface area (Å²) in [6, 6.07) is 13.4. The maximum Gasteiger partial charge on any atom is 0.218 e. The molecule has 1 aliphatic carbocycles. The Morgan fingerprint density at radius 2 is 2.00 bits per heavy atom. The van der Waals surface area contributed by atoms with Gasteiger partial charge in [0, 0.05) is 7.05 Å². The molecule has 4 nitrogen and oxygen atoms in total. The number of aliphatic imine (C=N–C) groups is 1. The van der Waals surface area contributed by atoms with Crippen molar-refractivity contribution < 1.29 is 9.53 Å². The Morgan fingerprint density at radius 1 is 1.25 bits per heavy atom. The molecule has 124 valence electrons. The molecule has 24 heavy (non-hydrogen) atoms. The number of nitrogens with zero attached hydrogens (tertiary/aromatic N) is 2. The number of hydrogen-bond donors (Lipinski definition) is 0. The molecule has 0 N–H and O–H groups in total. The Labute approximate surface area is 146 Å². The van der Waals surface area contributed by atoms with E-state index in [0.29, 0.717) is 22.5 Å². The number of methoxy groups -OCH3 is 1. The minimum Gasteiger partial charge on any atom is -0.481 e. The van der Waals surface area contributed by atoms with Gasteiger partial charge in [-0.3, -0.25) is 14.7 Å². The van der Waals surface area contributed by atoms with E-state index in [4.69, 9.17) is 16.3 Å². The fourth-order valence-electron chi connectivity index (χ4n) is 2.81. The minimum absolute atomic E-state index is 0.478. The number of para-hydroxylation sites is 1. The lowest BCUT2D eigenvalue weighted by Crippen LogP contribution is -2.19. The van der Waals surface area contributed by atoms with Gasteiger partial charge in [-0.2, -0.15) is 0 Å². The SMILES string of the molecule is C/N=C(/OC)c1ccc(C2CC2)cc1N(C=O)c1ccccc1Cl. The van der Waals surface area contributed by atoms with Gasteiger partial charge in [0.1, 0.15) is 0 Å². The number of rotatable bonds is 5. The Bertz CT molecular complexity index is 785. The fourth-order valence-corrected chi connectivity index (χ4v) is 3.04. The number of benzene rings is 2. The van der Waals surface area contributed by atoms with Crippen LogP contribution in [0.4, 0.5) is 11.4 Å². The molecule has 0 atom stereocenters. The third kappa shape index (κ3) is 3.15. The molecule has 1 amide bonds. The summed E-state index contributed by atoms with van der Waals surface area (Å²) in [6.45, 7) is 0. The largest absolute Gasteiger partial charge is 0.481 e. The third-order valence-electron chi connectivity index (χ3n) is 4.17. The van der Waals surface area contributed by atoms with Gasteiger partial charge in [-0.1, -0.05) is 29.8 Å². The Balaban J connectivity index is 2.16. The van der Waals surface area contributed by atoms with Crippen LogP contribution in [-0.2, 0) is 9.53 Å². The van der Waals surface area contributed by atoms with Crippen LogP contribution in [0.5, 0.6) is 0 Å². The van der Waals surface area contributed by atoms with Gasteiger partial charge in [0.05, 0.1) is 29.1 Å². The van der Waals surface area contributed by atoms with Crippen LogP contribution in [0.25, 0.3) is 0 Å². The van der Waals surface area contributed by atoms with Gasteiger partial charge >= 0.3 is 0 Å². The predicted octanol–water partition coefficient (Wildman–Crippen LogP) is 4.53. The second-order valence-corrected chi connectivity index (χ2v) is 6.12. The molecule has 2 aromatic carbocycles. The van der Waals surface area contributed by atoms with E-state index >= 15 is 0 Å². The molecule has 0 spiro atoms. The van der Waals surface area contributed by atoms with E-state index in [0.717, 1.165) is 17.7 Å². The summed E-state index contributed by atoms with van der Waals surface area (Å²) in [5, 5.41) is 0.514. The molecule has 0 radical (unpaired) electrons. The zero-order valence-corrected chi connectivity index (χ0v) is 14.5. The second-order valence-electron chi connectivity index (χ2n) is 5.71. The van der Waals surface area contributed by atoms with Crippen molar-refractivity contribution in [1.82, 2.24) is 0 Å². The average Bonchev–Trinajstić information content (AvgIpc) is 3.44. The monoisotopic (exact) mass is 342 g/mol. The summed E-state index contributed by atoms with van der Waals surface area (Å²) in [7, 11) is 3.24. The summed E-state index contributed by atoms with van der Waals surface area (Å²) in [5.74, 6) is 1.05. The first-order valence-electron chi connectivity index (χ1n) is 7.83. The Morgan fingerprint density at radius 3 is 2.58 bits per heavy atom. The number of carbonyl (C=O) groups is 1. The van der Waals surface area contributed by atoms with E-state index in [1.807, 2.05) is 30.3 Å². The van der Waals surface area contributed by atoms with E-state index in [1.165, 1.54) is 18.4 Å². The van der Waals surface area contributed by atoms with E-state index in [9.17, 15) is 4.79 Å². The topological polar surface area (TPSA) is 41.9 Å². The lowest BCUT2D eigenvalue weighted by Gasteiger charge is -2.23. The van der Waals surface area contributed by atoms with E-state index in [-0.39, 0.29) is 0 Å². The summed E-state index contributed by atoms with van der Waals surface area (Å²) in [4.78, 5) is 17.6. The predicted molar refractivity (Wildman–Crippen MR) is 97.5 cm³/mol. The quantitative estimate of drug-likeness (QED) is 0.455. The Hall–Kier alpha value is -2.33. The van der Waals surface area contributed by atoms with Crippen LogP contribution in [0.15, 0.2) is 47.5 Å². The van der Waals surface area contributed by atoms with Crippen LogP contribution in [0.3, 0.4) is 0 Å². The molecule has 0 saturated heterocycles. The summed E-state index contributed by atoms with van der Waals surface area (Å²) < 4.78 is 5.38. The number of anilines is 2. The third-order valence-corrected chi connectivity index (χ3v) is 4.49. The number of ether oxygens (including phenoxy) is 1. The zero-order valence-electron chi connectivity index (χ0n) is 13.7. The van der Waals surface area contributed by atoms with Crippen LogP contribution in [-0.4, -0.2) is 26.5 Å². The first kappa shape index (κ1) is 16.5. The standard InChI is InChI=1S/C19H19ClN2O2/c1-21-19(24-2)15-10-9-14(13-7-8-13)11-18(15)22(12-23)17-6-4-3-5-16(17)20/h3-6,9-13H,7-8H2,1-2H3/b21-19+. The number of halogens is 1. The molecule has 0 heterocycles. The molecule has 1 fully saturated rings. The highest BCUT2D eigenvalue weighted by molar-refractivity contribution is 6.34. The summed E-state index contributed by atoms with van der Waals surface area (Å²) in [5.41, 5.74) is 3.34. The van der Waals surface area contributed by atoms with Crippen LogP contribution in [0.1, 0.15) is 29.9 Å². The number of carbonyl (C=O) groups excluding carboxylic acids is 1. The van der Waals surface area contributed by atoms with Gasteiger partial charge < -0.3 is 4.74 Å². The summed E-state index contributed by atoms with van der Waals surface area (Å²) in [6.07, 6.45) is 3.15. The van der Waals surface area contributed by atoms with Crippen LogP contribution < -0.4 is 4.90 Å². The van der Waals surface area contributed by atoms with Gasteiger partial charge in [-0.05, 0) is 48.6 Å². The maximum absolute atomic E-state index is 11.9. The lowest BCUT2D eigenvalue weighted by molar-refractivity contribution is -0.106. The van der Waals surface area contributed by atoms with Gasteiger partial charge in [-0.25, -0.2) is 0 Å². The van der Waals surface area contributed by atoms with Crippen molar-refractivity contribution in [3.8, 4) is 0 Å². The van der Waals surface area contributed by atoms with E-state index < -0.39 is 0 Å². The van der Waals surface area contributed by atoms with Gasteiger partial charge in [-0.15, -0.1) is 0 Å². The highest BCUT2D eigenvalue weighted by Crippen LogP contribution is 2.43.